The first kappa shape index (κ1) is 15.0. The van der Waals surface area contributed by atoms with E-state index in [0.717, 1.165) is 26.1 Å². The minimum atomic E-state index is -0.599. The Morgan fingerprint density at radius 1 is 1.17 bits per heavy atom. The van der Waals surface area contributed by atoms with Crippen LogP contribution in [0.5, 0.6) is 0 Å². The van der Waals surface area contributed by atoms with Crippen molar-refractivity contribution in [2.75, 3.05) is 18.0 Å². The fourth-order valence-corrected chi connectivity index (χ4v) is 3.66. The van der Waals surface area contributed by atoms with Gasteiger partial charge in [-0.3, -0.25) is 14.9 Å². The number of likely N-dealkylation sites (tertiary alicyclic amines) is 1. The fraction of sp³-hybridized carbons (Fsp3) is 0.353. The van der Waals surface area contributed by atoms with Gasteiger partial charge in [-0.25, -0.2) is 15.4 Å². The molecular weight excluding hydrogens is 306 g/mol. The van der Waals surface area contributed by atoms with Gasteiger partial charge < -0.3 is 4.90 Å². The van der Waals surface area contributed by atoms with Gasteiger partial charge in [0.25, 0.3) is 5.91 Å². The van der Waals surface area contributed by atoms with E-state index in [1.807, 2.05) is 6.07 Å². The number of piperazine rings is 1. The third kappa shape index (κ3) is 2.72. The highest BCUT2D eigenvalue weighted by atomic mass is 16.5. The van der Waals surface area contributed by atoms with E-state index in [0.29, 0.717) is 18.0 Å². The number of rotatable bonds is 4. The van der Waals surface area contributed by atoms with Crippen LogP contribution < -0.4 is 10.4 Å². The van der Waals surface area contributed by atoms with Crippen molar-refractivity contribution in [3.8, 4) is 0 Å². The van der Waals surface area contributed by atoms with Gasteiger partial charge in [-0.05, 0) is 12.0 Å². The topological polar surface area (TPSA) is 81.6 Å². The summed E-state index contributed by atoms with van der Waals surface area (Å²) < 4.78 is 0. The number of nitrogens with one attached hydrogen (secondary N) is 1. The number of hydrogen-bond donors (Lipinski definition) is 2. The molecule has 124 valence electrons. The lowest BCUT2D eigenvalue weighted by molar-refractivity contribution is 0.0705. The number of carbonyl (C=O) groups excluding carboxylic acids is 1. The molecule has 7 heteroatoms. The summed E-state index contributed by atoms with van der Waals surface area (Å²) in [7, 11) is 0. The standard InChI is InChI=1S/C17H19N5O2/c23-16(20-24)13-7-18-17(19-8-13)22-11-14-6-15(22)10-21(14)9-12-4-2-1-3-5-12/h1-5,7-8,14-15,24H,6,9-11H2,(H,20,23). The molecule has 2 aromatic rings. The van der Waals surface area contributed by atoms with Crippen LogP contribution in [0.3, 0.4) is 0 Å². The molecule has 2 N–H and O–H groups in total. The lowest BCUT2D eigenvalue weighted by Gasteiger charge is -2.34. The second-order valence-corrected chi connectivity index (χ2v) is 6.32. The number of amides is 1. The highest BCUT2D eigenvalue weighted by Crippen LogP contribution is 2.33. The van der Waals surface area contributed by atoms with Crippen molar-refractivity contribution in [3.63, 3.8) is 0 Å². The molecule has 0 spiro atoms. The van der Waals surface area contributed by atoms with Crippen molar-refractivity contribution in [1.82, 2.24) is 20.3 Å². The van der Waals surface area contributed by atoms with Gasteiger partial charge in [-0.2, -0.15) is 0 Å². The molecule has 1 amide bonds. The maximum absolute atomic E-state index is 11.3. The second kappa shape index (κ2) is 6.18. The van der Waals surface area contributed by atoms with Crippen molar-refractivity contribution in [2.24, 2.45) is 0 Å². The van der Waals surface area contributed by atoms with E-state index in [4.69, 9.17) is 5.21 Å². The molecular formula is C17H19N5O2. The van der Waals surface area contributed by atoms with Crippen LogP contribution in [0.25, 0.3) is 0 Å². The molecule has 2 bridgehead atoms. The maximum Gasteiger partial charge on any atom is 0.277 e. The normalized spacial score (nSPS) is 22.8. The van der Waals surface area contributed by atoms with Gasteiger partial charge in [0.1, 0.15) is 0 Å². The number of benzene rings is 1. The van der Waals surface area contributed by atoms with E-state index in [9.17, 15) is 4.79 Å². The van der Waals surface area contributed by atoms with Crippen molar-refractivity contribution in [1.29, 1.82) is 0 Å². The number of aromatic nitrogens is 2. The number of fused-ring (bicyclic) bond motifs is 2. The van der Waals surface area contributed by atoms with Gasteiger partial charge in [0.2, 0.25) is 5.95 Å². The molecule has 2 aliphatic heterocycles. The highest BCUT2D eigenvalue weighted by molar-refractivity contribution is 5.92. The van der Waals surface area contributed by atoms with E-state index in [1.54, 1.807) is 5.48 Å². The first-order valence-corrected chi connectivity index (χ1v) is 8.05. The molecule has 0 radical (unpaired) electrons. The Balaban J connectivity index is 1.42. The molecule has 2 atom stereocenters. The molecule has 0 saturated carbocycles. The largest absolute Gasteiger partial charge is 0.335 e. The van der Waals surface area contributed by atoms with Crippen LogP contribution in [-0.4, -0.2) is 51.2 Å². The van der Waals surface area contributed by atoms with Crippen LogP contribution >= 0.6 is 0 Å². The van der Waals surface area contributed by atoms with Gasteiger partial charge >= 0.3 is 0 Å². The summed E-state index contributed by atoms with van der Waals surface area (Å²) in [5, 5.41) is 8.63. The predicted octanol–water partition coefficient (Wildman–Crippen LogP) is 1.06. The summed E-state index contributed by atoms with van der Waals surface area (Å²) in [5.41, 5.74) is 3.17. The summed E-state index contributed by atoms with van der Waals surface area (Å²) in [6.07, 6.45) is 4.01. The van der Waals surface area contributed by atoms with Crippen molar-refractivity contribution in [3.05, 3.63) is 53.9 Å². The number of nitrogens with zero attached hydrogens (tertiary/aromatic N) is 4. The Hall–Kier alpha value is -2.51. The van der Waals surface area contributed by atoms with Crippen LogP contribution in [0.1, 0.15) is 22.3 Å². The number of anilines is 1. The van der Waals surface area contributed by atoms with E-state index >= 15 is 0 Å². The summed E-state index contributed by atoms with van der Waals surface area (Å²) in [5.74, 6) is 0.0508. The molecule has 2 unspecified atom stereocenters. The zero-order valence-corrected chi connectivity index (χ0v) is 13.2. The van der Waals surface area contributed by atoms with Gasteiger partial charge in [0.15, 0.2) is 0 Å². The van der Waals surface area contributed by atoms with E-state index in [1.165, 1.54) is 18.0 Å². The zero-order valence-electron chi connectivity index (χ0n) is 13.2. The van der Waals surface area contributed by atoms with Gasteiger partial charge in [-0.1, -0.05) is 30.3 Å². The SMILES string of the molecule is O=C(NO)c1cnc(N2CC3CC2CN3Cc2ccccc2)nc1. The van der Waals surface area contributed by atoms with Crippen LogP contribution in [0, 0.1) is 0 Å². The van der Waals surface area contributed by atoms with Crippen LogP contribution in [0.2, 0.25) is 0 Å². The van der Waals surface area contributed by atoms with E-state index < -0.39 is 5.91 Å². The molecule has 24 heavy (non-hydrogen) atoms. The van der Waals surface area contributed by atoms with E-state index in [2.05, 4.69) is 44.0 Å². The summed E-state index contributed by atoms with van der Waals surface area (Å²) in [6.45, 7) is 2.89. The summed E-state index contributed by atoms with van der Waals surface area (Å²) in [6, 6.07) is 11.5. The first-order valence-electron chi connectivity index (χ1n) is 8.05. The molecule has 1 aromatic heterocycles. The molecule has 1 aromatic carbocycles. The quantitative estimate of drug-likeness (QED) is 0.646. The molecule has 0 aliphatic carbocycles. The molecule has 2 saturated heterocycles. The maximum atomic E-state index is 11.3. The number of hydroxylamine groups is 1. The Kier molecular flexibility index (Phi) is 3.87. The summed E-state index contributed by atoms with van der Waals surface area (Å²) >= 11 is 0. The summed E-state index contributed by atoms with van der Waals surface area (Å²) in [4.78, 5) is 24.6. The first-order chi connectivity index (χ1) is 11.7. The Bertz CT molecular complexity index is 722. The second-order valence-electron chi connectivity index (χ2n) is 6.32. The average molecular weight is 325 g/mol. The van der Waals surface area contributed by atoms with Crippen molar-refractivity contribution >= 4 is 11.9 Å². The van der Waals surface area contributed by atoms with Crippen LogP contribution in [-0.2, 0) is 6.54 Å². The molecule has 7 nitrogen and oxygen atoms in total. The number of hydrogen-bond acceptors (Lipinski definition) is 6. The molecule has 2 fully saturated rings. The van der Waals surface area contributed by atoms with Crippen molar-refractivity contribution in [2.45, 2.75) is 25.0 Å². The van der Waals surface area contributed by atoms with Gasteiger partial charge in [0.05, 0.1) is 5.56 Å². The smallest absolute Gasteiger partial charge is 0.277 e. The minimum absolute atomic E-state index is 0.247. The minimum Gasteiger partial charge on any atom is -0.335 e. The Morgan fingerprint density at radius 3 is 2.54 bits per heavy atom. The van der Waals surface area contributed by atoms with E-state index in [-0.39, 0.29) is 5.56 Å². The average Bonchev–Trinajstić information content (AvgIpc) is 3.22. The number of carbonyl (C=O) groups is 1. The molecule has 2 aliphatic rings. The highest BCUT2D eigenvalue weighted by Gasteiger charge is 2.44. The third-order valence-electron chi connectivity index (χ3n) is 4.84. The molecule has 4 rings (SSSR count). The zero-order chi connectivity index (χ0) is 16.5. The fourth-order valence-electron chi connectivity index (χ4n) is 3.66. The third-order valence-corrected chi connectivity index (χ3v) is 4.84. The van der Waals surface area contributed by atoms with Gasteiger partial charge in [0, 0.05) is 44.1 Å². The predicted molar refractivity (Wildman–Crippen MR) is 87.7 cm³/mol. The monoisotopic (exact) mass is 325 g/mol. The van der Waals surface area contributed by atoms with Crippen LogP contribution in [0.15, 0.2) is 42.7 Å². The lowest BCUT2D eigenvalue weighted by Crippen LogP contribution is -2.46. The van der Waals surface area contributed by atoms with Gasteiger partial charge in [-0.15, -0.1) is 0 Å². The Morgan fingerprint density at radius 2 is 1.92 bits per heavy atom. The lowest BCUT2D eigenvalue weighted by atomic mass is 10.2. The van der Waals surface area contributed by atoms with Crippen molar-refractivity contribution < 1.29 is 10.0 Å². The Labute approximate surface area is 139 Å². The molecule has 3 heterocycles. The van der Waals surface area contributed by atoms with Crippen LogP contribution in [0.4, 0.5) is 5.95 Å².